The summed E-state index contributed by atoms with van der Waals surface area (Å²) in [6, 6.07) is 4.22. The number of aliphatic hydroxyl groups excluding tert-OH is 1. The molecule has 0 saturated carbocycles. The lowest BCUT2D eigenvalue weighted by atomic mass is 10.1. The molecule has 4 nitrogen and oxygen atoms in total. The average Bonchev–Trinajstić information content (AvgIpc) is 2.89. The van der Waals surface area contributed by atoms with E-state index in [1.54, 1.807) is 0 Å². The second-order valence-electron chi connectivity index (χ2n) is 4.98. The number of nitrogens with one attached hydrogen (secondary N) is 1. The van der Waals surface area contributed by atoms with Crippen LogP contribution in [0.5, 0.6) is 0 Å². The summed E-state index contributed by atoms with van der Waals surface area (Å²) in [5, 5.41) is 12.5. The lowest BCUT2D eigenvalue weighted by molar-refractivity contribution is 0.238. The van der Waals surface area contributed by atoms with Crippen LogP contribution in [-0.2, 0) is 6.54 Å². The van der Waals surface area contributed by atoms with Crippen LogP contribution in [0, 0.1) is 5.92 Å². The Kier molecular flexibility index (Phi) is 4.96. The van der Waals surface area contributed by atoms with E-state index in [1.165, 1.54) is 5.56 Å². The van der Waals surface area contributed by atoms with Gasteiger partial charge >= 0.3 is 0 Å². The van der Waals surface area contributed by atoms with Crippen LogP contribution in [0.15, 0.2) is 18.3 Å². The van der Waals surface area contributed by atoms with Gasteiger partial charge in [-0.05, 0) is 31.0 Å². The number of hydrogen-bond donors (Lipinski definition) is 2. The van der Waals surface area contributed by atoms with Crippen LogP contribution >= 0.6 is 0 Å². The molecular formula is C14H23N3O. The van der Waals surface area contributed by atoms with Gasteiger partial charge in [0.1, 0.15) is 5.82 Å². The molecule has 0 spiro atoms. The third-order valence-corrected chi connectivity index (χ3v) is 3.43. The van der Waals surface area contributed by atoms with Crippen LogP contribution in [0.2, 0.25) is 0 Å². The molecule has 1 fully saturated rings. The largest absolute Gasteiger partial charge is 0.396 e. The van der Waals surface area contributed by atoms with E-state index in [4.69, 9.17) is 5.11 Å². The van der Waals surface area contributed by atoms with E-state index in [2.05, 4.69) is 34.3 Å². The van der Waals surface area contributed by atoms with Gasteiger partial charge in [0.25, 0.3) is 0 Å². The van der Waals surface area contributed by atoms with Crippen molar-refractivity contribution in [3.8, 4) is 0 Å². The molecule has 0 radical (unpaired) electrons. The van der Waals surface area contributed by atoms with Crippen LogP contribution in [0.3, 0.4) is 0 Å². The van der Waals surface area contributed by atoms with E-state index in [0.717, 1.165) is 44.8 Å². The van der Waals surface area contributed by atoms with Crippen molar-refractivity contribution in [2.45, 2.75) is 26.3 Å². The van der Waals surface area contributed by atoms with Gasteiger partial charge in [-0.1, -0.05) is 13.0 Å². The van der Waals surface area contributed by atoms with Gasteiger partial charge in [0.05, 0.1) is 0 Å². The van der Waals surface area contributed by atoms with Crippen molar-refractivity contribution in [1.29, 1.82) is 0 Å². The van der Waals surface area contributed by atoms with Crippen LogP contribution in [0.1, 0.15) is 25.3 Å². The minimum atomic E-state index is 0.287. The molecule has 18 heavy (non-hydrogen) atoms. The number of rotatable bonds is 6. The fourth-order valence-corrected chi connectivity index (χ4v) is 2.31. The molecule has 1 saturated heterocycles. The second kappa shape index (κ2) is 6.71. The Morgan fingerprint density at radius 3 is 3.00 bits per heavy atom. The maximum absolute atomic E-state index is 9.14. The highest BCUT2D eigenvalue weighted by molar-refractivity contribution is 5.40. The summed E-state index contributed by atoms with van der Waals surface area (Å²) in [6.07, 6.45) is 4.17. The highest BCUT2D eigenvalue weighted by atomic mass is 16.3. The molecule has 1 aliphatic heterocycles. The molecule has 1 unspecified atom stereocenters. The van der Waals surface area contributed by atoms with Crippen molar-refractivity contribution in [2.75, 3.05) is 31.1 Å². The van der Waals surface area contributed by atoms with Crippen molar-refractivity contribution in [1.82, 2.24) is 10.3 Å². The van der Waals surface area contributed by atoms with Crippen molar-refractivity contribution < 1.29 is 5.11 Å². The molecular weight excluding hydrogens is 226 g/mol. The first-order valence-electron chi connectivity index (χ1n) is 6.85. The summed E-state index contributed by atoms with van der Waals surface area (Å²) in [7, 11) is 0. The lowest BCUT2D eigenvalue weighted by Crippen LogP contribution is -2.21. The zero-order valence-electron chi connectivity index (χ0n) is 11.1. The fourth-order valence-electron chi connectivity index (χ4n) is 2.31. The fraction of sp³-hybridized carbons (Fsp3) is 0.643. The van der Waals surface area contributed by atoms with Crippen LogP contribution in [-0.4, -0.2) is 36.3 Å². The number of aliphatic hydroxyl groups is 1. The maximum atomic E-state index is 9.14. The maximum Gasteiger partial charge on any atom is 0.128 e. The number of aromatic nitrogens is 1. The molecule has 2 rings (SSSR count). The van der Waals surface area contributed by atoms with E-state index < -0.39 is 0 Å². The highest BCUT2D eigenvalue weighted by Crippen LogP contribution is 2.21. The normalized spacial score (nSPS) is 19.4. The Labute approximate surface area is 109 Å². The highest BCUT2D eigenvalue weighted by Gasteiger charge is 2.22. The summed E-state index contributed by atoms with van der Waals surface area (Å²) in [6.45, 7) is 6.32. The van der Waals surface area contributed by atoms with E-state index in [0.29, 0.717) is 5.92 Å². The summed E-state index contributed by atoms with van der Waals surface area (Å²) in [5.74, 6) is 1.45. The van der Waals surface area contributed by atoms with E-state index in [9.17, 15) is 0 Å². The standard InChI is InChI=1S/C14H23N3O/c1-2-6-15-8-12-3-4-14(16-9-12)17-7-5-13(10-17)11-18/h3-4,9,13,15,18H,2,5-8,10-11H2,1H3. The Hall–Kier alpha value is -1.13. The number of hydrogen-bond acceptors (Lipinski definition) is 4. The van der Waals surface area contributed by atoms with E-state index >= 15 is 0 Å². The molecule has 1 aromatic rings. The second-order valence-corrected chi connectivity index (χ2v) is 4.98. The average molecular weight is 249 g/mol. The van der Waals surface area contributed by atoms with Gasteiger partial charge in [-0.25, -0.2) is 4.98 Å². The summed E-state index contributed by atoms with van der Waals surface area (Å²) >= 11 is 0. The molecule has 1 aromatic heterocycles. The van der Waals surface area contributed by atoms with Gasteiger partial charge in [-0.2, -0.15) is 0 Å². The molecule has 0 amide bonds. The van der Waals surface area contributed by atoms with Gasteiger partial charge in [0.15, 0.2) is 0 Å². The first-order valence-corrected chi connectivity index (χ1v) is 6.85. The van der Waals surface area contributed by atoms with Gasteiger partial charge < -0.3 is 15.3 Å². The third-order valence-electron chi connectivity index (χ3n) is 3.43. The SMILES string of the molecule is CCCNCc1ccc(N2CCC(CO)C2)nc1. The van der Waals surface area contributed by atoms with Crippen LogP contribution in [0.25, 0.3) is 0 Å². The molecule has 4 heteroatoms. The van der Waals surface area contributed by atoms with Gasteiger partial charge in [0, 0.05) is 38.4 Å². The lowest BCUT2D eigenvalue weighted by Gasteiger charge is -2.17. The summed E-state index contributed by atoms with van der Waals surface area (Å²) in [5.41, 5.74) is 1.23. The smallest absolute Gasteiger partial charge is 0.128 e. The molecule has 2 N–H and O–H groups in total. The van der Waals surface area contributed by atoms with Crippen LogP contribution < -0.4 is 10.2 Å². The first-order chi connectivity index (χ1) is 8.83. The number of nitrogens with zero attached hydrogens (tertiary/aromatic N) is 2. The first kappa shape index (κ1) is 13.3. The van der Waals surface area contributed by atoms with Gasteiger partial charge in [-0.3, -0.25) is 0 Å². The predicted octanol–water partition coefficient (Wildman–Crippen LogP) is 1.40. The predicted molar refractivity (Wildman–Crippen MR) is 73.6 cm³/mol. The zero-order chi connectivity index (χ0) is 12.8. The van der Waals surface area contributed by atoms with Crippen molar-refractivity contribution in [3.05, 3.63) is 23.9 Å². The van der Waals surface area contributed by atoms with E-state index in [1.807, 2.05) is 6.20 Å². The van der Waals surface area contributed by atoms with Gasteiger partial charge in [-0.15, -0.1) is 0 Å². The van der Waals surface area contributed by atoms with Crippen LogP contribution in [0.4, 0.5) is 5.82 Å². The molecule has 100 valence electrons. The number of anilines is 1. The Morgan fingerprint density at radius 2 is 2.39 bits per heavy atom. The third kappa shape index (κ3) is 3.43. The topological polar surface area (TPSA) is 48.4 Å². The minimum Gasteiger partial charge on any atom is -0.396 e. The van der Waals surface area contributed by atoms with Crippen molar-refractivity contribution >= 4 is 5.82 Å². The number of pyridine rings is 1. The van der Waals surface area contributed by atoms with Crippen molar-refractivity contribution in [3.63, 3.8) is 0 Å². The quantitative estimate of drug-likeness (QED) is 0.748. The molecule has 1 atom stereocenters. The molecule has 0 bridgehead atoms. The molecule has 1 aliphatic rings. The Balaban J connectivity index is 1.87. The molecule has 2 heterocycles. The van der Waals surface area contributed by atoms with Gasteiger partial charge in [0.2, 0.25) is 0 Å². The zero-order valence-corrected chi connectivity index (χ0v) is 11.1. The van der Waals surface area contributed by atoms with Crippen molar-refractivity contribution in [2.24, 2.45) is 5.92 Å². The minimum absolute atomic E-state index is 0.287. The molecule has 0 aromatic carbocycles. The molecule has 0 aliphatic carbocycles. The Bertz CT molecular complexity index is 353. The summed E-state index contributed by atoms with van der Waals surface area (Å²) in [4.78, 5) is 6.77. The monoisotopic (exact) mass is 249 g/mol. The Morgan fingerprint density at radius 1 is 1.50 bits per heavy atom. The summed E-state index contributed by atoms with van der Waals surface area (Å²) < 4.78 is 0. The van der Waals surface area contributed by atoms with E-state index in [-0.39, 0.29) is 6.61 Å².